The van der Waals surface area contributed by atoms with Gasteiger partial charge >= 0.3 is 0 Å². The van der Waals surface area contributed by atoms with Crippen molar-refractivity contribution in [2.45, 2.75) is 57.5 Å². The number of carbonyl (C=O) groups is 2. The summed E-state index contributed by atoms with van der Waals surface area (Å²) in [5, 5.41) is 3.06. The number of hydrogen-bond acceptors (Lipinski definition) is 4. The summed E-state index contributed by atoms with van der Waals surface area (Å²) in [5.41, 5.74) is 5.98. The van der Waals surface area contributed by atoms with Crippen LogP contribution in [0.1, 0.15) is 58.8 Å². The second-order valence-corrected chi connectivity index (χ2v) is 11.7. The highest BCUT2D eigenvalue weighted by Gasteiger charge is 2.29. The molecule has 3 aromatic carbocycles. The summed E-state index contributed by atoms with van der Waals surface area (Å²) in [6.07, 6.45) is 5.71. The molecule has 0 bridgehead atoms. The first-order valence-electron chi connectivity index (χ1n) is 13.9. The summed E-state index contributed by atoms with van der Waals surface area (Å²) in [6.45, 7) is 9.61. The number of nitrogens with zero attached hydrogens (tertiary/aromatic N) is 2. The number of likely N-dealkylation sites (tertiary alicyclic amines) is 1. The maximum atomic E-state index is 13.7. The van der Waals surface area contributed by atoms with Crippen molar-refractivity contribution in [3.63, 3.8) is 0 Å². The van der Waals surface area contributed by atoms with E-state index in [2.05, 4.69) is 55.3 Å². The molecule has 202 valence electrons. The van der Waals surface area contributed by atoms with Gasteiger partial charge in [0, 0.05) is 29.6 Å². The first-order valence-corrected chi connectivity index (χ1v) is 14.7. The molecule has 0 aliphatic carbocycles. The highest BCUT2D eigenvalue weighted by Crippen LogP contribution is 2.42. The van der Waals surface area contributed by atoms with Crippen LogP contribution in [0.2, 0.25) is 0 Å². The number of fused-ring (bicyclic) bond motifs is 1. The molecule has 2 heterocycles. The Bertz CT molecular complexity index is 1380. The van der Waals surface area contributed by atoms with Crippen LogP contribution in [0.4, 0.5) is 5.69 Å². The van der Waals surface area contributed by atoms with Gasteiger partial charge in [-0.3, -0.25) is 14.5 Å². The van der Waals surface area contributed by atoms with Gasteiger partial charge in [0.15, 0.2) is 0 Å². The molecular weight excluding hydrogens is 502 g/mol. The van der Waals surface area contributed by atoms with Crippen LogP contribution < -0.4 is 10.2 Å². The number of hydrogen-bond donors (Lipinski definition) is 1. The molecule has 6 heteroatoms. The molecule has 1 atom stereocenters. The summed E-state index contributed by atoms with van der Waals surface area (Å²) >= 11 is 1.50. The first-order chi connectivity index (χ1) is 18.9. The van der Waals surface area contributed by atoms with Gasteiger partial charge in [0.05, 0.1) is 17.1 Å². The average Bonchev–Trinajstić information content (AvgIpc) is 2.94. The number of thioether (sulfide) groups is 1. The second-order valence-electron chi connectivity index (χ2n) is 10.7. The highest BCUT2D eigenvalue weighted by atomic mass is 32.2. The fourth-order valence-corrected chi connectivity index (χ4v) is 6.41. The lowest BCUT2D eigenvalue weighted by molar-refractivity contribution is -0.114. The fraction of sp³-hybridized carbons (Fsp3) is 0.333. The molecule has 5 rings (SSSR count). The minimum Gasteiger partial charge on any atom is -0.351 e. The lowest BCUT2D eigenvalue weighted by Gasteiger charge is -2.33. The van der Waals surface area contributed by atoms with E-state index in [0.717, 1.165) is 34.8 Å². The van der Waals surface area contributed by atoms with Gasteiger partial charge in [-0.05, 0) is 87.2 Å². The van der Waals surface area contributed by atoms with E-state index in [1.54, 1.807) is 0 Å². The third kappa shape index (κ3) is 6.45. The number of para-hydroxylation sites is 1. The van der Waals surface area contributed by atoms with Gasteiger partial charge in [-0.1, -0.05) is 66.2 Å². The number of nitrogens with one attached hydrogen (secondary N) is 1. The molecule has 3 aromatic rings. The van der Waals surface area contributed by atoms with E-state index >= 15 is 0 Å². The standard InChI is InChI=1S/C33H37N3O2S/c1-23-11-12-24(2)28(20-23)22-36-29-9-4-5-10-30(29)39-31(33(36)38)21-26-13-15-27(16-14-26)32(37)34-17-19-35-18-7-6-8-25(35)3/h4-5,9-16,20-21,25H,6-8,17-19,22H2,1-3H3,(H,34,37)/b31-21-. The Hall–Kier alpha value is -3.35. The quantitative estimate of drug-likeness (QED) is 0.344. The van der Waals surface area contributed by atoms with Crippen LogP contribution in [-0.4, -0.2) is 42.4 Å². The first kappa shape index (κ1) is 27.2. The van der Waals surface area contributed by atoms with Gasteiger partial charge in [-0.25, -0.2) is 0 Å². The van der Waals surface area contributed by atoms with Crippen LogP contribution in [0.15, 0.2) is 76.5 Å². The van der Waals surface area contributed by atoms with E-state index in [1.807, 2.05) is 53.4 Å². The van der Waals surface area contributed by atoms with E-state index in [9.17, 15) is 9.59 Å². The Balaban J connectivity index is 1.29. The zero-order valence-electron chi connectivity index (χ0n) is 23.1. The second kappa shape index (κ2) is 12.2. The molecule has 0 radical (unpaired) electrons. The zero-order valence-corrected chi connectivity index (χ0v) is 23.9. The average molecular weight is 540 g/mol. The SMILES string of the molecule is Cc1ccc(C)c(CN2C(=O)/C(=C/c3ccc(C(=O)NCCN4CCCCC4C)cc3)Sc3ccccc32)c1. The van der Waals surface area contributed by atoms with Gasteiger partial charge in [-0.2, -0.15) is 0 Å². The van der Waals surface area contributed by atoms with E-state index in [1.165, 1.54) is 42.2 Å². The normalized spacial score (nSPS) is 18.7. The summed E-state index contributed by atoms with van der Waals surface area (Å²) in [5.74, 6) is -0.0658. The maximum absolute atomic E-state index is 13.7. The van der Waals surface area contributed by atoms with Crippen molar-refractivity contribution in [2.24, 2.45) is 0 Å². The number of rotatable bonds is 7. The number of benzene rings is 3. The van der Waals surface area contributed by atoms with Gasteiger partial charge in [0.2, 0.25) is 0 Å². The molecule has 0 spiro atoms. The Kier molecular flexibility index (Phi) is 8.53. The number of aryl methyl sites for hydroxylation is 2. The third-order valence-electron chi connectivity index (χ3n) is 7.76. The van der Waals surface area contributed by atoms with Gasteiger partial charge in [0.1, 0.15) is 0 Å². The summed E-state index contributed by atoms with van der Waals surface area (Å²) < 4.78 is 0. The Labute approximate surface area is 236 Å². The van der Waals surface area contributed by atoms with Crippen LogP contribution in [0.25, 0.3) is 6.08 Å². The molecule has 39 heavy (non-hydrogen) atoms. The maximum Gasteiger partial charge on any atom is 0.265 e. The van der Waals surface area contributed by atoms with E-state index in [0.29, 0.717) is 29.6 Å². The molecule has 2 aliphatic rings. The van der Waals surface area contributed by atoms with E-state index < -0.39 is 0 Å². The number of piperidine rings is 1. The van der Waals surface area contributed by atoms with Gasteiger partial charge < -0.3 is 10.2 Å². The van der Waals surface area contributed by atoms with Crippen LogP contribution in [-0.2, 0) is 11.3 Å². The minimum atomic E-state index is -0.0596. The predicted octanol–water partition coefficient (Wildman–Crippen LogP) is 6.59. The molecule has 1 unspecified atom stereocenters. The van der Waals surface area contributed by atoms with E-state index in [-0.39, 0.29) is 11.8 Å². The molecule has 5 nitrogen and oxygen atoms in total. The topological polar surface area (TPSA) is 52.7 Å². The van der Waals surface area contributed by atoms with Crippen LogP contribution >= 0.6 is 11.8 Å². The van der Waals surface area contributed by atoms with Crippen LogP contribution in [0.3, 0.4) is 0 Å². The van der Waals surface area contributed by atoms with Crippen molar-refractivity contribution in [1.29, 1.82) is 0 Å². The predicted molar refractivity (Wildman–Crippen MR) is 161 cm³/mol. The smallest absolute Gasteiger partial charge is 0.265 e. The Morgan fingerprint density at radius 3 is 2.64 bits per heavy atom. The zero-order chi connectivity index (χ0) is 27.4. The van der Waals surface area contributed by atoms with Crippen LogP contribution in [0.5, 0.6) is 0 Å². The van der Waals surface area contributed by atoms with Gasteiger partial charge in [-0.15, -0.1) is 0 Å². The molecule has 1 saturated heterocycles. The third-order valence-corrected chi connectivity index (χ3v) is 8.84. The van der Waals surface area contributed by atoms with E-state index in [4.69, 9.17) is 0 Å². The molecule has 1 N–H and O–H groups in total. The van der Waals surface area contributed by atoms with Crippen molar-refractivity contribution < 1.29 is 9.59 Å². The largest absolute Gasteiger partial charge is 0.351 e. The molecule has 1 fully saturated rings. The van der Waals surface area contributed by atoms with Crippen molar-refractivity contribution in [3.05, 3.63) is 99.5 Å². The number of carbonyl (C=O) groups excluding carboxylic acids is 2. The highest BCUT2D eigenvalue weighted by molar-refractivity contribution is 8.04. The van der Waals surface area contributed by atoms with Crippen molar-refractivity contribution >= 4 is 35.3 Å². The lowest BCUT2D eigenvalue weighted by Crippen LogP contribution is -2.42. The Morgan fingerprint density at radius 2 is 1.85 bits per heavy atom. The van der Waals surface area contributed by atoms with Crippen molar-refractivity contribution in [2.75, 3.05) is 24.5 Å². The summed E-state index contributed by atoms with van der Waals surface area (Å²) in [4.78, 5) is 32.5. The monoisotopic (exact) mass is 539 g/mol. The lowest BCUT2D eigenvalue weighted by atomic mass is 10.0. The molecule has 0 saturated carbocycles. The fourth-order valence-electron chi connectivity index (χ4n) is 5.35. The molecule has 0 aromatic heterocycles. The summed E-state index contributed by atoms with van der Waals surface area (Å²) in [7, 11) is 0. The van der Waals surface area contributed by atoms with Crippen molar-refractivity contribution in [1.82, 2.24) is 10.2 Å². The minimum absolute atomic E-state index is 0.00614. The van der Waals surface area contributed by atoms with Crippen LogP contribution in [0, 0.1) is 13.8 Å². The Morgan fingerprint density at radius 1 is 1.05 bits per heavy atom. The molecular formula is C33H37N3O2S. The number of anilines is 1. The summed E-state index contributed by atoms with van der Waals surface area (Å²) in [6, 6.07) is 22.5. The molecule has 2 aliphatic heterocycles. The van der Waals surface area contributed by atoms with Crippen molar-refractivity contribution in [3.8, 4) is 0 Å². The van der Waals surface area contributed by atoms with Gasteiger partial charge in [0.25, 0.3) is 11.8 Å². The molecule has 2 amide bonds. The number of amides is 2.